The Morgan fingerprint density at radius 2 is 2.07 bits per heavy atom. The first-order valence-electron chi connectivity index (χ1n) is 9.49. The lowest BCUT2D eigenvalue weighted by atomic mass is 10.0. The van der Waals surface area contributed by atoms with Crippen molar-refractivity contribution in [2.24, 2.45) is 5.10 Å². The minimum atomic E-state index is -0.418. The van der Waals surface area contributed by atoms with Gasteiger partial charge in [0.25, 0.3) is 5.91 Å². The Bertz CT molecular complexity index is 865. The third kappa shape index (κ3) is 4.89. The Morgan fingerprint density at radius 1 is 1.31 bits per heavy atom. The predicted molar refractivity (Wildman–Crippen MR) is 105 cm³/mol. The highest BCUT2D eigenvalue weighted by atomic mass is 19.1. The van der Waals surface area contributed by atoms with Crippen LogP contribution in [0.4, 0.5) is 4.39 Å². The molecule has 1 aromatic heterocycles. The Hall–Kier alpha value is -3.00. The van der Waals surface area contributed by atoms with Gasteiger partial charge < -0.3 is 14.1 Å². The second kappa shape index (κ2) is 9.47. The quantitative estimate of drug-likeness (QED) is 0.682. The zero-order valence-corrected chi connectivity index (χ0v) is 16.5. The molecule has 0 saturated carbocycles. The van der Waals surface area contributed by atoms with Gasteiger partial charge in [-0.2, -0.15) is 5.10 Å². The molecule has 0 radical (unpaired) electrons. The van der Waals surface area contributed by atoms with Gasteiger partial charge in [-0.05, 0) is 29.8 Å². The molecule has 2 heterocycles. The van der Waals surface area contributed by atoms with Crippen LogP contribution in [0.2, 0.25) is 0 Å². The second-order valence-electron chi connectivity index (χ2n) is 6.69. The van der Waals surface area contributed by atoms with Crippen LogP contribution >= 0.6 is 0 Å². The third-order valence-electron chi connectivity index (χ3n) is 4.76. The van der Waals surface area contributed by atoms with Crippen molar-refractivity contribution in [3.05, 3.63) is 59.8 Å². The van der Waals surface area contributed by atoms with E-state index in [0.717, 1.165) is 5.56 Å². The number of amides is 2. The van der Waals surface area contributed by atoms with E-state index in [1.165, 1.54) is 22.0 Å². The maximum Gasteiger partial charge on any atom is 0.262 e. The van der Waals surface area contributed by atoms with Gasteiger partial charge in [-0.15, -0.1) is 0 Å². The third-order valence-corrected chi connectivity index (χ3v) is 4.76. The van der Waals surface area contributed by atoms with Crippen LogP contribution in [0, 0.1) is 5.82 Å². The molecule has 0 fully saturated rings. The number of rotatable bonds is 8. The van der Waals surface area contributed by atoms with Gasteiger partial charge in [0.15, 0.2) is 0 Å². The highest BCUT2D eigenvalue weighted by Gasteiger charge is 2.35. The first-order chi connectivity index (χ1) is 14.0. The van der Waals surface area contributed by atoms with E-state index >= 15 is 0 Å². The molecule has 2 aromatic rings. The van der Waals surface area contributed by atoms with Crippen molar-refractivity contribution in [2.45, 2.75) is 25.8 Å². The molecule has 0 spiro atoms. The number of halogens is 1. The SMILES string of the molecule is CCC(=O)N(CCOC)CC(=O)N1N=C(c2ccc(F)cc2)C[C@H]1c1ccco1. The molecule has 1 aliphatic rings. The molecule has 1 aromatic carbocycles. The van der Waals surface area contributed by atoms with Crippen molar-refractivity contribution in [3.63, 3.8) is 0 Å². The maximum atomic E-state index is 13.3. The summed E-state index contributed by atoms with van der Waals surface area (Å²) >= 11 is 0. The van der Waals surface area contributed by atoms with Crippen molar-refractivity contribution in [3.8, 4) is 0 Å². The Kier molecular flexibility index (Phi) is 6.77. The minimum Gasteiger partial charge on any atom is -0.467 e. The molecule has 3 rings (SSSR count). The fourth-order valence-electron chi connectivity index (χ4n) is 3.21. The zero-order chi connectivity index (χ0) is 20.8. The van der Waals surface area contributed by atoms with Gasteiger partial charge in [-0.1, -0.05) is 19.1 Å². The fraction of sp³-hybridized carbons (Fsp3) is 0.381. The van der Waals surface area contributed by atoms with Crippen molar-refractivity contribution in [2.75, 3.05) is 26.8 Å². The van der Waals surface area contributed by atoms with E-state index in [2.05, 4.69) is 5.10 Å². The van der Waals surface area contributed by atoms with Gasteiger partial charge >= 0.3 is 0 Å². The number of methoxy groups -OCH3 is 1. The molecular weight excluding hydrogens is 377 g/mol. The van der Waals surface area contributed by atoms with Gasteiger partial charge in [-0.3, -0.25) is 9.59 Å². The van der Waals surface area contributed by atoms with Crippen molar-refractivity contribution >= 4 is 17.5 Å². The minimum absolute atomic E-state index is 0.104. The number of nitrogens with zero attached hydrogens (tertiary/aromatic N) is 3. The van der Waals surface area contributed by atoms with Crippen LogP contribution in [0.1, 0.15) is 37.1 Å². The molecule has 1 atom stereocenters. The molecule has 0 aliphatic carbocycles. The van der Waals surface area contributed by atoms with E-state index in [9.17, 15) is 14.0 Å². The van der Waals surface area contributed by atoms with Gasteiger partial charge in [0.1, 0.15) is 24.2 Å². The second-order valence-corrected chi connectivity index (χ2v) is 6.69. The summed E-state index contributed by atoms with van der Waals surface area (Å²) in [6, 6.07) is 9.10. The first kappa shape index (κ1) is 20.7. The van der Waals surface area contributed by atoms with Crippen LogP contribution in [0.15, 0.2) is 52.2 Å². The molecule has 0 N–H and O–H groups in total. The smallest absolute Gasteiger partial charge is 0.262 e. The number of hydrogen-bond donors (Lipinski definition) is 0. The van der Waals surface area contributed by atoms with Crippen LogP contribution in [-0.4, -0.2) is 54.2 Å². The number of hydrazone groups is 1. The molecule has 7 nitrogen and oxygen atoms in total. The van der Waals surface area contributed by atoms with Gasteiger partial charge in [0.2, 0.25) is 5.91 Å². The number of furan rings is 1. The Balaban J connectivity index is 1.84. The highest BCUT2D eigenvalue weighted by Crippen LogP contribution is 2.33. The maximum absolute atomic E-state index is 13.3. The van der Waals surface area contributed by atoms with Crippen LogP contribution < -0.4 is 0 Å². The molecule has 0 unspecified atom stereocenters. The number of hydrogen-bond acceptors (Lipinski definition) is 5. The molecule has 29 heavy (non-hydrogen) atoms. The molecule has 154 valence electrons. The summed E-state index contributed by atoms with van der Waals surface area (Å²) < 4.78 is 23.8. The summed E-state index contributed by atoms with van der Waals surface area (Å²) in [5.74, 6) is -0.188. The molecule has 2 amide bonds. The molecule has 0 bridgehead atoms. The molecule has 0 saturated heterocycles. The average Bonchev–Trinajstić information content (AvgIpc) is 3.40. The normalized spacial score (nSPS) is 16.0. The average molecular weight is 401 g/mol. The number of carbonyl (C=O) groups excluding carboxylic acids is 2. The first-order valence-corrected chi connectivity index (χ1v) is 9.49. The van der Waals surface area contributed by atoms with Crippen LogP contribution in [-0.2, 0) is 14.3 Å². The fourth-order valence-corrected chi connectivity index (χ4v) is 3.21. The van der Waals surface area contributed by atoms with Gasteiger partial charge in [-0.25, -0.2) is 9.40 Å². The van der Waals surface area contributed by atoms with Crippen molar-refractivity contribution in [1.29, 1.82) is 0 Å². The predicted octanol–water partition coefficient (Wildman–Crippen LogP) is 2.98. The molecular formula is C21H24FN3O4. The van der Waals surface area contributed by atoms with E-state index in [4.69, 9.17) is 9.15 Å². The lowest BCUT2D eigenvalue weighted by molar-refractivity contribution is -0.142. The number of benzene rings is 1. The molecule has 1 aliphatic heterocycles. The topological polar surface area (TPSA) is 75.3 Å². The Morgan fingerprint density at radius 3 is 2.69 bits per heavy atom. The van der Waals surface area contributed by atoms with Crippen LogP contribution in [0.3, 0.4) is 0 Å². The monoisotopic (exact) mass is 401 g/mol. The largest absolute Gasteiger partial charge is 0.467 e. The molecule has 8 heteroatoms. The number of ether oxygens (including phenoxy) is 1. The van der Waals surface area contributed by atoms with E-state index in [0.29, 0.717) is 37.5 Å². The highest BCUT2D eigenvalue weighted by molar-refractivity contribution is 6.03. The Labute approximate surface area is 168 Å². The summed E-state index contributed by atoms with van der Waals surface area (Å²) in [7, 11) is 1.54. The summed E-state index contributed by atoms with van der Waals surface area (Å²) in [6.45, 7) is 2.31. The summed E-state index contributed by atoms with van der Waals surface area (Å²) in [4.78, 5) is 26.7. The zero-order valence-electron chi connectivity index (χ0n) is 16.5. The van der Waals surface area contributed by atoms with E-state index in [1.54, 1.807) is 44.6 Å². The number of carbonyl (C=O) groups is 2. The van der Waals surface area contributed by atoms with E-state index < -0.39 is 6.04 Å². The summed E-state index contributed by atoms with van der Waals surface area (Å²) in [5, 5.41) is 5.85. The lowest BCUT2D eigenvalue weighted by Crippen LogP contribution is -2.42. The van der Waals surface area contributed by atoms with E-state index in [-0.39, 0.29) is 24.2 Å². The van der Waals surface area contributed by atoms with E-state index in [1.807, 2.05) is 0 Å². The van der Waals surface area contributed by atoms with Gasteiger partial charge in [0.05, 0.1) is 18.6 Å². The summed E-state index contributed by atoms with van der Waals surface area (Å²) in [6.07, 6.45) is 2.27. The lowest BCUT2D eigenvalue weighted by Gasteiger charge is -2.25. The van der Waals surface area contributed by atoms with Crippen molar-refractivity contribution in [1.82, 2.24) is 9.91 Å². The standard InChI is InChI=1S/C21H24FN3O4/c1-3-20(26)24(10-12-28-2)14-21(27)25-18(19-5-4-11-29-19)13-17(23-25)15-6-8-16(22)9-7-15/h4-9,11,18H,3,10,12-14H2,1-2H3/t18-/m0/s1. The van der Waals surface area contributed by atoms with Crippen molar-refractivity contribution < 1.29 is 23.1 Å². The van der Waals surface area contributed by atoms with Crippen LogP contribution in [0.25, 0.3) is 0 Å². The van der Waals surface area contributed by atoms with Gasteiger partial charge in [0, 0.05) is 26.5 Å². The summed E-state index contributed by atoms with van der Waals surface area (Å²) in [5.41, 5.74) is 1.39. The van der Waals surface area contributed by atoms with Crippen LogP contribution in [0.5, 0.6) is 0 Å².